The van der Waals surface area contributed by atoms with Crippen LogP contribution in [0.5, 0.6) is 0 Å². The fourth-order valence-corrected chi connectivity index (χ4v) is 1.73. The van der Waals surface area contributed by atoms with Crippen LogP contribution in [0.1, 0.15) is 23.2 Å². The minimum Gasteiger partial charge on any atom is -0.392 e. The second kappa shape index (κ2) is 5.73. The van der Waals surface area contributed by atoms with Crippen LogP contribution in [-0.4, -0.2) is 29.3 Å². The zero-order valence-electron chi connectivity index (χ0n) is 10.9. The second-order valence-electron chi connectivity index (χ2n) is 4.64. The molecule has 1 aromatic carbocycles. The molecular weight excluding hydrogens is 283 g/mol. The molecule has 1 aliphatic rings. The topological polar surface area (TPSA) is 127 Å². The lowest BCUT2D eigenvalue weighted by atomic mass is 10.1. The van der Waals surface area contributed by atoms with Gasteiger partial charge in [0.2, 0.25) is 5.91 Å². The third kappa shape index (κ3) is 3.44. The van der Waals surface area contributed by atoms with E-state index in [1.807, 2.05) is 0 Å². The van der Waals surface area contributed by atoms with Crippen LogP contribution >= 0.6 is 0 Å². The van der Waals surface area contributed by atoms with Crippen molar-refractivity contribution < 1.29 is 18.9 Å². The van der Waals surface area contributed by atoms with Gasteiger partial charge in [0, 0.05) is 12.1 Å². The van der Waals surface area contributed by atoms with E-state index in [0.29, 0.717) is 0 Å². The summed E-state index contributed by atoms with van der Waals surface area (Å²) < 4.78 is 13.6. The van der Waals surface area contributed by atoms with E-state index in [9.17, 15) is 24.1 Å². The van der Waals surface area contributed by atoms with Gasteiger partial charge in [-0.1, -0.05) is 0 Å². The molecule has 0 unspecified atom stereocenters. The lowest BCUT2D eigenvalue weighted by molar-refractivity contribution is -0.384. The summed E-state index contributed by atoms with van der Waals surface area (Å²) >= 11 is 0. The number of nitrogens with two attached hydrogens (primary N) is 1. The molecule has 1 fully saturated rings. The number of rotatable bonds is 5. The van der Waals surface area contributed by atoms with Gasteiger partial charge in [-0.2, -0.15) is 0 Å². The van der Waals surface area contributed by atoms with Gasteiger partial charge in [-0.25, -0.2) is 4.39 Å². The highest BCUT2D eigenvalue weighted by Gasteiger charge is 2.25. The molecule has 2 amide bonds. The SMILES string of the molecule is Nc1c([N+](=O)[O-])ccc(F)c1C(=O)NCC(=O)NC1CC1. The fraction of sp³-hybridized carbons (Fsp3) is 0.333. The Labute approximate surface area is 118 Å². The van der Waals surface area contributed by atoms with Crippen LogP contribution in [0.2, 0.25) is 0 Å². The third-order valence-electron chi connectivity index (χ3n) is 2.95. The summed E-state index contributed by atoms with van der Waals surface area (Å²) in [4.78, 5) is 33.1. The van der Waals surface area contributed by atoms with E-state index in [4.69, 9.17) is 5.73 Å². The van der Waals surface area contributed by atoms with Crippen LogP contribution in [0, 0.1) is 15.9 Å². The molecular formula is C12H13FN4O4. The summed E-state index contributed by atoms with van der Waals surface area (Å²) in [6, 6.07) is 1.79. The first-order valence-electron chi connectivity index (χ1n) is 6.20. The van der Waals surface area contributed by atoms with Crippen molar-refractivity contribution in [2.24, 2.45) is 0 Å². The number of halogens is 1. The Kier molecular flexibility index (Phi) is 4.01. The van der Waals surface area contributed by atoms with Crippen molar-refractivity contribution in [3.63, 3.8) is 0 Å². The molecule has 0 spiro atoms. The number of amides is 2. The number of hydrogen-bond acceptors (Lipinski definition) is 5. The maximum absolute atomic E-state index is 13.6. The Bertz CT molecular complexity index is 616. The molecule has 0 atom stereocenters. The molecule has 21 heavy (non-hydrogen) atoms. The van der Waals surface area contributed by atoms with Crippen molar-refractivity contribution in [2.45, 2.75) is 18.9 Å². The molecule has 1 saturated carbocycles. The van der Waals surface area contributed by atoms with Crippen molar-refractivity contribution in [3.8, 4) is 0 Å². The van der Waals surface area contributed by atoms with Crippen molar-refractivity contribution in [2.75, 3.05) is 12.3 Å². The average Bonchev–Trinajstić information content (AvgIpc) is 3.19. The van der Waals surface area contributed by atoms with Crippen LogP contribution in [-0.2, 0) is 4.79 Å². The first kappa shape index (κ1) is 14.7. The molecule has 8 nitrogen and oxygen atoms in total. The summed E-state index contributed by atoms with van der Waals surface area (Å²) in [6.45, 7) is -0.350. The minimum absolute atomic E-state index is 0.133. The molecule has 112 valence electrons. The zero-order valence-corrected chi connectivity index (χ0v) is 10.9. The predicted molar refractivity (Wildman–Crippen MR) is 71.0 cm³/mol. The lowest BCUT2D eigenvalue weighted by Crippen LogP contribution is -2.38. The van der Waals surface area contributed by atoms with Crippen LogP contribution < -0.4 is 16.4 Å². The second-order valence-corrected chi connectivity index (χ2v) is 4.64. The zero-order chi connectivity index (χ0) is 15.6. The number of nitro groups is 1. The number of carbonyl (C=O) groups excluding carboxylic acids is 2. The van der Waals surface area contributed by atoms with Crippen LogP contribution in [0.25, 0.3) is 0 Å². The highest BCUT2D eigenvalue weighted by atomic mass is 19.1. The van der Waals surface area contributed by atoms with Crippen molar-refractivity contribution >= 4 is 23.2 Å². The van der Waals surface area contributed by atoms with Gasteiger partial charge >= 0.3 is 0 Å². The number of nitrogen functional groups attached to an aromatic ring is 1. The number of nitrogens with one attached hydrogen (secondary N) is 2. The Morgan fingerprint density at radius 3 is 2.67 bits per heavy atom. The van der Waals surface area contributed by atoms with Crippen LogP contribution in [0.15, 0.2) is 12.1 Å². The van der Waals surface area contributed by atoms with Crippen molar-refractivity contribution in [3.05, 3.63) is 33.6 Å². The van der Waals surface area contributed by atoms with E-state index >= 15 is 0 Å². The smallest absolute Gasteiger partial charge is 0.293 e. The maximum atomic E-state index is 13.6. The predicted octanol–water partition coefficient (Wildman–Crippen LogP) is 0.324. The quantitative estimate of drug-likeness (QED) is 0.410. The largest absolute Gasteiger partial charge is 0.392 e. The molecule has 1 aliphatic carbocycles. The van der Waals surface area contributed by atoms with Gasteiger partial charge in [0.15, 0.2) is 0 Å². The van der Waals surface area contributed by atoms with Crippen molar-refractivity contribution in [1.82, 2.24) is 10.6 Å². The Morgan fingerprint density at radius 1 is 1.43 bits per heavy atom. The molecule has 0 heterocycles. The van der Waals surface area contributed by atoms with Gasteiger partial charge in [0.05, 0.1) is 11.5 Å². The van der Waals surface area contributed by atoms with E-state index < -0.39 is 39.5 Å². The normalized spacial score (nSPS) is 13.6. The summed E-state index contributed by atoms with van der Waals surface area (Å²) in [5.41, 5.74) is 3.67. The number of nitrogens with zero attached hydrogens (tertiary/aromatic N) is 1. The van der Waals surface area contributed by atoms with Crippen LogP contribution in [0.3, 0.4) is 0 Å². The number of anilines is 1. The summed E-state index contributed by atoms with van der Waals surface area (Å²) in [6.07, 6.45) is 1.79. The van der Waals surface area contributed by atoms with Gasteiger partial charge < -0.3 is 16.4 Å². The number of benzene rings is 1. The fourth-order valence-electron chi connectivity index (χ4n) is 1.73. The van der Waals surface area contributed by atoms with Gasteiger partial charge in [0.25, 0.3) is 11.6 Å². The van der Waals surface area contributed by atoms with Gasteiger partial charge in [-0.15, -0.1) is 0 Å². The van der Waals surface area contributed by atoms with E-state index in [1.54, 1.807) is 0 Å². The molecule has 0 saturated heterocycles. The number of nitro benzene ring substituents is 1. The van der Waals surface area contributed by atoms with Gasteiger partial charge in [-0.05, 0) is 18.9 Å². The molecule has 1 aromatic rings. The molecule has 2 rings (SSSR count). The lowest BCUT2D eigenvalue weighted by Gasteiger charge is -2.09. The highest BCUT2D eigenvalue weighted by molar-refractivity contribution is 6.02. The first-order chi connectivity index (χ1) is 9.90. The molecule has 4 N–H and O–H groups in total. The monoisotopic (exact) mass is 296 g/mol. The molecule has 0 aromatic heterocycles. The van der Waals surface area contributed by atoms with E-state index in [-0.39, 0.29) is 12.6 Å². The van der Waals surface area contributed by atoms with Crippen LogP contribution in [0.4, 0.5) is 15.8 Å². The Balaban J connectivity index is 2.08. The minimum atomic E-state index is -0.988. The van der Waals surface area contributed by atoms with Crippen molar-refractivity contribution in [1.29, 1.82) is 0 Å². The molecule has 0 radical (unpaired) electrons. The standard InChI is InChI=1S/C12H13FN4O4/c13-7-3-4-8(17(20)21)11(14)10(7)12(19)15-5-9(18)16-6-1-2-6/h3-4,6H,1-2,5,14H2,(H,15,19)(H,16,18). The van der Waals surface area contributed by atoms with Gasteiger partial charge in [0.1, 0.15) is 17.1 Å². The molecule has 0 aliphatic heterocycles. The first-order valence-corrected chi connectivity index (χ1v) is 6.20. The summed E-state index contributed by atoms with van der Waals surface area (Å²) in [5, 5.41) is 15.5. The Morgan fingerprint density at radius 2 is 2.10 bits per heavy atom. The Hall–Kier alpha value is -2.71. The third-order valence-corrected chi connectivity index (χ3v) is 2.95. The molecule has 0 bridgehead atoms. The average molecular weight is 296 g/mol. The summed E-state index contributed by atoms with van der Waals surface area (Å²) in [5.74, 6) is -2.37. The molecule has 9 heteroatoms. The summed E-state index contributed by atoms with van der Waals surface area (Å²) in [7, 11) is 0. The number of carbonyl (C=O) groups is 2. The number of hydrogen-bond donors (Lipinski definition) is 3. The van der Waals surface area contributed by atoms with E-state index in [1.165, 1.54) is 0 Å². The maximum Gasteiger partial charge on any atom is 0.293 e. The highest BCUT2D eigenvalue weighted by Crippen LogP contribution is 2.27. The van der Waals surface area contributed by atoms with E-state index in [0.717, 1.165) is 25.0 Å². The van der Waals surface area contributed by atoms with Gasteiger partial charge in [-0.3, -0.25) is 19.7 Å². The van der Waals surface area contributed by atoms with E-state index in [2.05, 4.69) is 10.6 Å².